The van der Waals surface area contributed by atoms with E-state index >= 15 is 0 Å². The van der Waals surface area contributed by atoms with Crippen LogP contribution in [0.15, 0.2) is 24.5 Å². The van der Waals surface area contributed by atoms with Crippen LogP contribution in [0.25, 0.3) is 0 Å². The van der Waals surface area contributed by atoms with Crippen LogP contribution < -0.4 is 5.32 Å². The number of nitrogens with one attached hydrogen (secondary N) is 2. The Balaban J connectivity index is 1.30. The molecule has 3 heterocycles. The third-order valence-electron chi connectivity index (χ3n) is 5.35. The first-order chi connectivity index (χ1) is 12.3. The first-order valence-electron chi connectivity index (χ1n) is 9.28. The highest BCUT2D eigenvalue weighted by atomic mass is 16.2. The minimum atomic E-state index is -0.00742. The molecule has 2 aromatic heterocycles. The van der Waals surface area contributed by atoms with Crippen LogP contribution in [0.1, 0.15) is 53.0 Å². The Hall–Kier alpha value is -2.21. The molecule has 0 bridgehead atoms. The summed E-state index contributed by atoms with van der Waals surface area (Å²) >= 11 is 0. The Bertz CT molecular complexity index is 719. The van der Waals surface area contributed by atoms with Gasteiger partial charge in [0, 0.05) is 49.3 Å². The number of aromatic amines is 1. The van der Waals surface area contributed by atoms with Crippen LogP contribution in [0.3, 0.4) is 0 Å². The van der Waals surface area contributed by atoms with E-state index in [1.54, 1.807) is 0 Å². The molecule has 0 radical (unpaired) electrons. The van der Waals surface area contributed by atoms with Gasteiger partial charge in [-0.1, -0.05) is 0 Å². The summed E-state index contributed by atoms with van der Waals surface area (Å²) in [5.74, 6) is -0.00742. The predicted molar refractivity (Wildman–Crippen MR) is 95.2 cm³/mol. The molecule has 0 spiro atoms. The number of aromatic nitrogens is 3. The molecular weight excluding hydrogens is 314 g/mol. The number of H-pyrrole nitrogens is 1. The van der Waals surface area contributed by atoms with Gasteiger partial charge in [-0.25, -0.2) is 0 Å². The molecule has 1 amide bonds. The normalized spacial score (nSPS) is 18.7. The van der Waals surface area contributed by atoms with Crippen molar-refractivity contribution in [3.63, 3.8) is 0 Å². The Morgan fingerprint density at radius 3 is 2.76 bits per heavy atom. The van der Waals surface area contributed by atoms with Gasteiger partial charge in [0.1, 0.15) is 0 Å². The molecule has 25 heavy (non-hydrogen) atoms. The lowest BCUT2D eigenvalue weighted by Crippen LogP contribution is -2.44. The highest BCUT2D eigenvalue weighted by Crippen LogP contribution is 2.22. The summed E-state index contributed by atoms with van der Waals surface area (Å²) < 4.78 is 0. The maximum absolute atomic E-state index is 12.6. The third kappa shape index (κ3) is 3.74. The largest absolute Gasteiger partial charge is 0.348 e. The summed E-state index contributed by atoms with van der Waals surface area (Å²) in [5, 5.41) is 10.5. The molecule has 0 atom stereocenters. The third-order valence-corrected chi connectivity index (χ3v) is 5.35. The van der Waals surface area contributed by atoms with Crippen molar-refractivity contribution in [1.82, 2.24) is 25.4 Å². The predicted octanol–water partition coefficient (Wildman–Crippen LogP) is 2.08. The topological polar surface area (TPSA) is 73.9 Å². The van der Waals surface area contributed by atoms with Crippen molar-refractivity contribution in [2.75, 3.05) is 13.1 Å². The smallest absolute Gasteiger partial charge is 0.272 e. The Labute approximate surface area is 148 Å². The second-order valence-corrected chi connectivity index (χ2v) is 7.12. The van der Waals surface area contributed by atoms with E-state index in [-0.39, 0.29) is 11.9 Å². The molecule has 0 saturated carbocycles. The zero-order chi connectivity index (χ0) is 17.1. The second kappa shape index (κ2) is 7.35. The van der Waals surface area contributed by atoms with Gasteiger partial charge in [-0.2, -0.15) is 5.10 Å². The Morgan fingerprint density at radius 1 is 1.20 bits per heavy atom. The van der Waals surface area contributed by atoms with Gasteiger partial charge in [-0.15, -0.1) is 0 Å². The van der Waals surface area contributed by atoms with Crippen molar-refractivity contribution in [1.29, 1.82) is 0 Å². The van der Waals surface area contributed by atoms with Gasteiger partial charge in [0.15, 0.2) is 5.69 Å². The number of carbonyl (C=O) groups is 1. The summed E-state index contributed by atoms with van der Waals surface area (Å²) in [6.45, 7) is 2.97. The Kier molecular flexibility index (Phi) is 4.78. The van der Waals surface area contributed by atoms with Gasteiger partial charge in [0.25, 0.3) is 5.91 Å². The van der Waals surface area contributed by atoms with Gasteiger partial charge in [-0.3, -0.25) is 19.8 Å². The number of aryl methyl sites for hydroxylation is 1. The van der Waals surface area contributed by atoms with E-state index in [4.69, 9.17) is 0 Å². The van der Waals surface area contributed by atoms with Crippen LogP contribution in [0, 0.1) is 0 Å². The fourth-order valence-electron chi connectivity index (χ4n) is 3.90. The molecule has 0 unspecified atom stereocenters. The van der Waals surface area contributed by atoms with E-state index in [9.17, 15) is 4.79 Å². The standard InChI is InChI=1S/C19H25N5O/c25-19(18-16-3-1-2-4-17(16)22-23-18)21-15-7-11-24(12-8-15)13-14-5-9-20-10-6-14/h5-6,9-10,15H,1-4,7-8,11-13H2,(H,21,25)(H,22,23). The summed E-state index contributed by atoms with van der Waals surface area (Å²) in [6, 6.07) is 4.38. The summed E-state index contributed by atoms with van der Waals surface area (Å²) in [6.07, 6.45) is 9.99. The van der Waals surface area contributed by atoms with Gasteiger partial charge < -0.3 is 5.32 Å². The second-order valence-electron chi connectivity index (χ2n) is 7.12. The van der Waals surface area contributed by atoms with Gasteiger partial charge >= 0.3 is 0 Å². The van der Waals surface area contributed by atoms with Gasteiger partial charge in [0.05, 0.1) is 0 Å². The number of fused-ring (bicyclic) bond motifs is 1. The van der Waals surface area contributed by atoms with Crippen LogP contribution >= 0.6 is 0 Å². The monoisotopic (exact) mass is 339 g/mol. The van der Waals surface area contributed by atoms with Crippen molar-refractivity contribution in [3.05, 3.63) is 47.0 Å². The van der Waals surface area contributed by atoms with Crippen LogP contribution in [0.2, 0.25) is 0 Å². The van der Waals surface area contributed by atoms with Crippen LogP contribution in [-0.2, 0) is 19.4 Å². The van der Waals surface area contributed by atoms with Gasteiger partial charge in [-0.05, 0) is 56.2 Å². The van der Waals surface area contributed by atoms with E-state index in [1.807, 2.05) is 12.4 Å². The maximum Gasteiger partial charge on any atom is 0.272 e. The average molecular weight is 339 g/mol. The minimum absolute atomic E-state index is 0.00742. The molecular formula is C19H25N5O. The lowest BCUT2D eigenvalue weighted by atomic mass is 9.95. The molecule has 2 N–H and O–H groups in total. The van der Waals surface area contributed by atoms with E-state index in [0.717, 1.165) is 63.0 Å². The first kappa shape index (κ1) is 16.3. The number of nitrogens with zero attached hydrogens (tertiary/aromatic N) is 3. The van der Waals surface area contributed by atoms with Crippen molar-refractivity contribution in [3.8, 4) is 0 Å². The number of carbonyl (C=O) groups excluding carboxylic acids is 1. The molecule has 6 nitrogen and oxygen atoms in total. The van der Waals surface area contributed by atoms with E-state index in [2.05, 4.69) is 37.5 Å². The molecule has 1 fully saturated rings. The number of hydrogen-bond acceptors (Lipinski definition) is 4. The molecule has 1 aliphatic carbocycles. The lowest BCUT2D eigenvalue weighted by Gasteiger charge is -2.32. The fourth-order valence-corrected chi connectivity index (χ4v) is 3.90. The zero-order valence-corrected chi connectivity index (χ0v) is 14.5. The Morgan fingerprint density at radius 2 is 1.96 bits per heavy atom. The first-order valence-corrected chi connectivity index (χ1v) is 9.28. The van der Waals surface area contributed by atoms with Gasteiger partial charge in [0.2, 0.25) is 0 Å². The van der Waals surface area contributed by atoms with E-state index < -0.39 is 0 Å². The van der Waals surface area contributed by atoms with Crippen molar-refractivity contribution in [2.45, 2.75) is 51.1 Å². The van der Waals surface area contributed by atoms with E-state index in [1.165, 1.54) is 12.0 Å². The number of rotatable bonds is 4. The number of amides is 1. The summed E-state index contributed by atoms with van der Waals surface area (Å²) in [7, 11) is 0. The molecule has 1 saturated heterocycles. The molecule has 2 aromatic rings. The molecule has 1 aliphatic heterocycles. The molecule has 2 aliphatic rings. The quantitative estimate of drug-likeness (QED) is 0.894. The number of hydrogen-bond donors (Lipinski definition) is 2. The number of pyridine rings is 1. The fraction of sp³-hybridized carbons (Fsp3) is 0.526. The van der Waals surface area contributed by atoms with Crippen LogP contribution in [0.5, 0.6) is 0 Å². The van der Waals surface area contributed by atoms with Crippen molar-refractivity contribution in [2.24, 2.45) is 0 Å². The highest BCUT2D eigenvalue weighted by molar-refractivity contribution is 5.94. The SMILES string of the molecule is O=C(NC1CCN(Cc2ccncc2)CC1)c1n[nH]c2c1CCCC2. The molecule has 132 valence electrons. The minimum Gasteiger partial charge on any atom is -0.348 e. The molecule has 4 rings (SSSR count). The van der Waals surface area contributed by atoms with E-state index in [0.29, 0.717) is 5.69 Å². The molecule has 0 aromatic carbocycles. The van der Waals surface area contributed by atoms with Crippen LogP contribution in [0.4, 0.5) is 0 Å². The maximum atomic E-state index is 12.6. The highest BCUT2D eigenvalue weighted by Gasteiger charge is 2.25. The average Bonchev–Trinajstić information content (AvgIpc) is 3.08. The van der Waals surface area contributed by atoms with Crippen LogP contribution in [-0.4, -0.2) is 45.1 Å². The lowest BCUT2D eigenvalue weighted by molar-refractivity contribution is 0.0903. The molecule has 6 heteroatoms. The van der Waals surface area contributed by atoms with Crippen molar-refractivity contribution < 1.29 is 4.79 Å². The van der Waals surface area contributed by atoms with Crippen molar-refractivity contribution >= 4 is 5.91 Å². The zero-order valence-electron chi connectivity index (χ0n) is 14.5. The summed E-state index contributed by atoms with van der Waals surface area (Å²) in [5.41, 5.74) is 4.21. The number of piperidine rings is 1. The number of likely N-dealkylation sites (tertiary alicyclic amines) is 1. The summed E-state index contributed by atoms with van der Waals surface area (Å²) in [4.78, 5) is 19.1.